The van der Waals surface area contributed by atoms with Crippen molar-refractivity contribution in [1.29, 1.82) is 0 Å². The van der Waals surface area contributed by atoms with Gasteiger partial charge in [-0.05, 0) is 42.7 Å². The van der Waals surface area contributed by atoms with Crippen molar-refractivity contribution in [3.8, 4) is 0 Å². The van der Waals surface area contributed by atoms with E-state index in [2.05, 4.69) is 6.07 Å². The number of rotatable bonds is 2. The van der Waals surface area contributed by atoms with Crippen molar-refractivity contribution in [3.63, 3.8) is 0 Å². The second-order valence-corrected chi connectivity index (χ2v) is 4.43. The summed E-state index contributed by atoms with van der Waals surface area (Å²) in [5, 5.41) is 10.3. The second-order valence-electron chi connectivity index (χ2n) is 4.43. The molecule has 0 saturated heterocycles. The van der Waals surface area contributed by atoms with E-state index in [0.717, 1.165) is 16.7 Å². The van der Waals surface area contributed by atoms with Crippen LogP contribution in [0.4, 0.5) is 5.69 Å². The SMILES string of the molecule is Cc1ccc([C@H](O)c2cccc(N)c2)c(C)c1. The van der Waals surface area contributed by atoms with E-state index in [0.29, 0.717) is 5.69 Å². The molecule has 0 spiro atoms. The molecule has 2 nitrogen and oxygen atoms in total. The van der Waals surface area contributed by atoms with Crippen LogP contribution in [0.5, 0.6) is 0 Å². The number of anilines is 1. The molecule has 2 rings (SSSR count). The van der Waals surface area contributed by atoms with Crippen molar-refractivity contribution in [2.75, 3.05) is 5.73 Å². The first kappa shape index (κ1) is 11.7. The highest BCUT2D eigenvalue weighted by Gasteiger charge is 2.12. The molecule has 0 aromatic heterocycles. The Morgan fingerprint density at radius 1 is 1.06 bits per heavy atom. The first-order chi connectivity index (χ1) is 8.08. The smallest absolute Gasteiger partial charge is 0.104 e. The maximum Gasteiger partial charge on any atom is 0.104 e. The number of nitrogen functional groups attached to an aromatic ring is 1. The molecule has 1 atom stereocenters. The molecule has 0 heterocycles. The molecule has 17 heavy (non-hydrogen) atoms. The number of nitrogens with two attached hydrogens (primary N) is 1. The van der Waals surface area contributed by atoms with Gasteiger partial charge in [0.05, 0.1) is 0 Å². The number of aliphatic hydroxyl groups is 1. The summed E-state index contributed by atoms with van der Waals surface area (Å²) in [5.41, 5.74) is 10.5. The van der Waals surface area contributed by atoms with Crippen LogP contribution in [0, 0.1) is 13.8 Å². The number of benzene rings is 2. The van der Waals surface area contributed by atoms with Crippen LogP contribution in [0.15, 0.2) is 42.5 Å². The minimum atomic E-state index is -0.612. The number of hydrogen-bond donors (Lipinski definition) is 2. The Labute approximate surface area is 102 Å². The van der Waals surface area contributed by atoms with E-state index in [1.165, 1.54) is 5.56 Å². The van der Waals surface area contributed by atoms with Gasteiger partial charge in [0.15, 0.2) is 0 Å². The minimum absolute atomic E-state index is 0.612. The van der Waals surface area contributed by atoms with Crippen LogP contribution in [-0.2, 0) is 0 Å². The average Bonchev–Trinajstić information content (AvgIpc) is 2.28. The molecule has 0 amide bonds. The third kappa shape index (κ3) is 2.48. The van der Waals surface area contributed by atoms with Crippen LogP contribution in [0.1, 0.15) is 28.4 Å². The highest BCUT2D eigenvalue weighted by Crippen LogP contribution is 2.26. The van der Waals surface area contributed by atoms with Crippen molar-refractivity contribution in [1.82, 2.24) is 0 Å². The van der Waals surface area contributed by atoms with Gasteiger partial charge in [-0.1, -0.05) is 35.9 Å². The summed E-state index contributed by atoms with van der Waals surface area (Å²) in [6, 6.07) is 13.4. The summed E-state index contributed by atoms with van der Waals surface area (Å²) in [4.78, 5) is 0. The number of aryl methyl sites for hydroxylation is 2. The Kier molecular flexibility index (Phi) is 3.16. The molecule has 0 saturated carbocycles. The van der Waals surface area contributed by atoms with Crippen molar-refractivity contribution in [2.24, 2.45) is 0 Å². The van der Waals surface area contributed by atoms with Gasteiger partial charge in [-0.15, -0.1) is 0 Å². The summed E-state index contributed by atoms with van der Waals surface area (Å²) in [5.74, 6) is 0. The topological polar surface area (TPSA) is 46.2 Å². The lowest BCUT2D eigenvalue weighted by molar-refractivity contribution is 0.219. The van der Waals surface area contributed by atoms with E-state index >= 15 is 0 Å². The fourth-order valence-electron chi connectivity index (χ4n) is 2.04. The van der Waals surface area contributed by atoms with Crippen LogP contribution >= 0.6 is 0 Å². The highest BCUT2D eigenvalue weighted by molar-refractivity contribution is 5.45. The molecule has 2 aromatic rings. The standard InChI is InChI=1S/C15H17NO/c1-10-6-7-14(11(2)8-10)15(17)12-4-3-5-13(16)9-12/h3-9,15,17H,16H2,1-2H3/t15-/m1/s1. The monoisotopic (exact) mass is 227 g/mol. The Morgan fingerprint density at radius 3 is 2.47 bits per heavy atom. The largest absolute Gasteiger partial charge is 0.399 e. The van der Waals surface area contributed by atoms with Crippen LogP contribution in [-0.4, -0.2) is 5.11 Å². The molecule has 0 unspecified atom stereocenters. The lowest BCUT2D eigenvalue weighted by Crippen LogP contribution is -2.02. The zero-order chi connectivity index (χ0) is 12.4. The zero-order valence-corrected chi connectivity index (χ0v) is 10.1. The minimum Gasteiger partial charge on any atom is -0.399 e. The van der Waals surface area contributed by atoms with E-state index in [1.807, 2.05) is 50.2 Å². The van der Waals surface area contributed by atoms with Crippen molar-refractivity contribution in [3.05, 3.63) is 64.7 Å². The van der Waals surface area contributed by atoms with Gasteiger partial charge in [-0.2, -0.15) is 0 Å². The van der Waals surface area contributed by atoms with Crippen molar-refractivity contribution in [2.45, 2.75) is 20.0 Å². The van der Waals surface area contributed by atoms with Gasteiger partial charge in [-0.25, -0.2) is 0 Å². The first-order valence-electron chi connectivity index (χ1n) is 5.68. The highest BCUT2D eigenvalue weighted by atomic mass is 16.3. The third-order valence-corrected chi connectivity index (χ3v) is 2.95. The Balaban J connectivity index is 2.40. The van der Waals surface area contributed by atoms with Gasteiger partial charge < -0.3 is 10.8 Å². The van der Waals surface area contributed by atoms with E-state index in [4.69, 9.17) is 5.73 Å². The molecular weight excluding hydrogens is 210 g/mol. The van der Waals surface area contributed by atoms with Crippen LogP contribution in [0.2, 0.25) is 0 Å². The fraction of sp³-hybridized carbons (Fsp3) is 0.200. The van der Waals surface area contributed by atoms with Crippen molar-refractivity contribution >= 4 is 5.69 Å². The van der Waals surface area contributed by atoms with E-state index in [1.54, 1.807) is 0 Å². The van der Waals surface area contributed by atoms with Crippen LogP contribution in [0.3, 0.4) is 0 Å². The third-order valence-electron chi connectivity index (χ3n) is 2.95. The lowest BCUT2D eigenvalue weighted by atomic mass is 9.96. The summed E-state index contributed by atoms with van der Waals surface area (Å²) in [6.07, 6.45) is -0.612. The molecular formula is C15H17NO. The predicted molar refractivity (Wildman–Crippen MR) is 70.8 cm³/mol. The van der Waals surface area contributed by atoms with E-state index in [9.17, 15) is 5.11 Å². The molecule has 2 aromatic carbocycles. The molecule has 88 valence electrons. The normalized spacial score (nSPS) is 12.4. The van der Waals surface area contributed by atoms with Gasteiger partial charge in [0, 0.05) is 5.69 Å². The quantitative estimate of drug-likeness (QED) is 0.775. The van der Waals surface area contributed by atoms with Crippen LogP contribution < -0.4 is 5.73 Å². The molecule has 0 radical (unpaired) electrons. The molecule has 0 aliphatic rings. The number of hydrogen-bond acceptors (Lipinski definition) is 2. The molecule has 0 aliphatic carbocycles. The van der Waals surface area contributed by atoms with E-state index in [-0.39, 0.29) is 0 Å². The summed E-state index contributed by atoms with van der Waals surface area (Å²) in [7, 11) is 0. The second kappa shape index (κ2) is 4.60. The van der Waals surface area contributed by atoms with Gasteiger partial charge in [-0.3, -0.25) is 0 Å². The molecule has 0 bridgehead atoms. The Bertz CT molecular complexity index is 534. The average molecular weight is 227 g/mol. The molecule has 0 fully saturated rings. The summed E-state index contributed by atoms with van der Waals surface area (Å²) >= 11 is 0. The molecule has 3 N–H and O–H groups in total. The zero-order valence-electron chi connectivity index (χ0n) is 10.1. The summed E-state index contributed by atoms with van der Waals surface area (Å²) in [6.45, 7) is 4.06. The number of aliphatic hydroxyl groups excluding tert-OH is 1. The molecule has 0 aliphatic heterocycles. The summed E-state index contributed by atoms with van der Waals surface area (Å²) < 4.78 is 0. The van der Waals surface area contributed by atoms with Gasteiger partial charge in [0.2, 0.25) is 0 Å². The van der Waals surface area contributed by atoms with E-state index < -0.39 is 6.10 Å². The lowest BCUT2D eigenvalue weighted by Gasteiger charge is -2.15. The van der Waals surface area contributed by atoms with Gasteiger partial charge >= 0.3 is 0 Å². The Hall–Kier alpha value is -1.80. The predicted octanol–water partition coefficient (Wildman–Crippen LogP) is 2.97. The fourth-order valence-corrected chi connectivity index (χ4v) is 2.04. The maximum atomic E-state index is 10.3. The maximum absolute atomic E-state index is 10.3. The molecule has 2 heteroatoms. The Morgan fingerprint density at radius 2 is 1.82 bits per heavy atom. The van der Waals surface area contributed by atoms with Crippen LogP contribution in [0.25, 0.3) is 0 Å². The van der Waals surface area contributed by atoms with Gasteiger partial charge in [0.25, 0.3) is 0 Å². The van der Waals surface area contributed by atoms with Crippen molar-refractivity contribution < 1.29 is 5.11 Å². The van der Waals surface area contributed by atoms with Gasteiger partial charge in [0.1, 0.15) is 6.10 Å². The first-order valence-corrected chi connectivity index (χ1v) is 5.68.